The lowest BCUT2D eigenvalue weighted by Gasteiger charge is -2.00. The first-order valence-corrected chi connectivity index (χ1v) is 4.36. The summed E-state index contributed by atoms with van der Waals surface area (Å²) in [6, 6.07) is 3.62. The van der Waals surface area contributed by atoms with Crippen molar-refractivity contribution in [1.29, 1.82) is 0 Å². The summed E-state index contributed by atoms with van der Waals surface area (Å²) in [6.45, 7) is 0. The van der Waals surface area contributed by atoms with Crippen molar-refractivity contribution in [1.82, 2.24) is 15.0 Å². The Kier molecular flexibility index (Phi) is 2.71. The average molecular weight is 201 g/mol. The molecule has 5 nitrogen and oxygen atoms in total. The monoisotopic (exact) mass is 201 g/mol. The molecule has 0 saturated heterocycles. The molecule has 0 fully saturated rings. The van der Waals surface area contributed by atoms with Crippen LogP contribution in [0, 0.1) is 0 Å². The number of aromatic nitrogens is 3. The second kappa shape index (κ2) is 4.16. The lowest BCUT2D eigenvalue weighted by molar-refractivity contribution is 0.425. The molecule has 0 saturated carbocycles. The van der Waals surface area contributed by atoms with Crippen LogP contribution in [0.5, 0.6) is 0 Å². The largest absolute Gasteiger partial charge is 0.491 e. The quantitative estimate of drug-likeness (QED) is 0.623. The third kappa shape index (κ3) is 2.17. The Bertz CT molecular complexity index is 433. The zero-order valence-electron chi connectivity index (χ0n) is 7.78. The van der Waals surface area contributed by atoms with Crippen LogP contribution in [0.4, 0.5) is 0 Å². The Morgan fingerprint density at radius 2 is 1.80 bits per heavy atom. The smallest absolute Gasteiger partial charge is 0.423 e. The van der Waals surface area contributed by atoms with Crippen molar-refractivity contribution in [3.63, 3.8) is 0 Å². The van der Waals surface area contributed by atoms with Crippen molar-refractivity contribution < 1.29 is 10.0 Å². The maximum atomic E-state index is 8.85. The normalized spacial score (nSPS) is 10.0. The van der Waals surface area contributed by atoms with E-state index in [-0.39, 0.29) is 5.46 Å². The number of rotatable bonds is 2. The van der Waals surface area contributed by atoms with Gasteiger partial charge in [0.1, 0.15) is 0 Å². The molecule has 0 aliphatic carbocycles. The van der Waals surface area contributed by atoms with Crippen LogP contribution in [0.1, 0.15) is 0 Å². The van der Waals surface area contributed by atoms with Crippen molar-refractivity contribution in [3.8, 4) is 11.4 Å². The SMILES string of the molecule is OB(O)c1cnc(-c2cccnc2)nc1. The number of pyridine rings is 1. The molecule has 6 heteroatoms. The fourth-order valence-corrected chi connectivity index (χ4v) is 1.12. The third-order valence-electron chi connectivity index (χ3n) is 1.89. The van der Waals surface area contributed by atoms with Crippen LogP contribution in [-0.4, -0.2) is 32.1 Å². The van der Waals surface area contributed by atoms with Crippen LogP contribution < -0.4 is 5.46 Å². The molecule has 0 aromatic carbocycles. The molecule has 0 aliphatic heterocycles. The summed E-state index contributed by atoms with van der Waals surface area (Å²) in [5, 5.41) is 17.7. The fraction of sp³-hybridized carbons (Fsp3) is 0. The fourth-order valence-electron chi connectivity index (χ4n) is 1.12. The van der Waals surface area contributed by atoms with Crippen LogP contribution in [0.2, 0.25) is 0 Å². The highest BCUT2D eigenvalue weighted by atomic mass is 16.4. The van der Waals surface area contributed by atoms with Gasteiger partial charge >= 0.3 is 7.12 Å². The molecule has 0 bridgehead atoms. The zero-order chi connectivity index (χ0) is 10.7. The van der Waals surface area contributed by atoms with Crippen molar-refractivity contribution in [2.75, 3.05) is 0 Å². The summed E-state index contributed by atoms with van der Waals surface area (Å²) in [4.78, 5) is 11.9. The summed E-state index contributed by atoms with van der Waals surface area (Å²) >= 11 is 0. The van der Waals surface area contributed by atoms with Gasteiger partial charge in [0.2, 0.25) is 0 Å². The Balaban J connectivity index is 2.32. The van der Waals surface area contributed by atoms with E-state index in [2.05, 4.69) is 15.0 Å². The predicted molar refractivity (Wildman–Crippen MR) is 55.1 cm³/mol. The van der Waals surface area contributed by atoms with E-state index in [0.29, 0.717) is 5.82 Å². The van der Waals surface area contributed by atoms with Crippen LogP contribution in [0.15, 0.2) is 36.9 Å². The van der Waals surface area contributed by atoms with Crippen LogP contribution >= 0.6 is 0 Å². The predicted octanol–water partition coefficient (Wildman–Crippen LogP) is -0.782. The van der Waals surface area contributed by atoms with Crippen molar-refractivity contribution in [2.45, 2.75) is 0 Å². The van der Waals surface area contributed by atoms with Crippen LogP contribution in [0.25, 0.3) is 11.4 Å². The van der Waals surface area contributed by atoms with Gasteiger partial charge in [-0.1, -0.05) is 0 Å². The molecule has 2 aromatic rings. The lowest BCUT2D eigenvalue weighted by Crippen LogP contribution is -2.30. The van der Waals surface area contributed by atoms with Crippen LogP contribution in [0.3, 0.4) is 0 Å². The summed E-state index contributed by atoms with van der Waals surface area (Å²) in [5.41, 5.74) is 1.05. The zero-order valence-corrected chi connectivity index (χ0v) is 7.78. The molecule has 2 N–H and O–H groups in total. The van der Waals surface area contributed by atoms with E-state index in [9.17, 15) is 0 Å². The van der Waals surface area contributed by atoms with Crippen molar-refractivity contribution in [2.24, 2.45) is 0 Å². The standard InChI is InChI=1S/C9H8BN3O2/c14-10(15)8-5-12-9(13-6-8)7-2-1-3-11-4-7/h1-6,14-15H. The first kappa shape index (κ1) is 9.76. The van der Waals surface area contributed by atoms with Gasteiger partial charge in [0.15, 0.2) is 5.82 Å². The van der Waals surface area contributed by atoms with Crippen LogP contribution in [-0.2, 0) is 0 Å². The molecular formula is C9H8BN3O2. The highest BCUT2D eigenvalue weighted by Crippen LogP contribution is 2.09. The van der Waals surface area contributed by atoms with E-state index >= 15 is 0 Å². The molecule has 0 unspecified atom stereocenters. The Hall–Kier alpha value is -1.79. The minimum absolute atomic E-state index is 0.266. The molecule has 2 rings (SSSR count). The van der Waals surface area contributed by atoms with Gasteiger partial charge in [-0.25, -0.2) is 9.97 Å². The van der Waals surface area contributed by atoms with Gasteiger partial charge in [-0.15, -0.1) is 0 Å². The summed E-state index contributed by atoms with van der Waals surface area (Å²) in [5.74, 6) is 0.507. The van der Waals surface area contributed by atoms with E-state index in [0.717, 1.165) is 5.56 Å². The molecule has 0 spiro atoms. The summed E-state index contributed by atoms with van der Waals surface area (Å²) < 4.78 is 0. The van der Waals surface area contributed by atoms with Crippen molar-refractivity contribution >= 4 is 12.6 Å². The van der Waals surface area contributed by atoms with E-state index in [1.807, 2.05) is 6.07 Å². The molecule has 0 aliphatic rings. The molecule has 15 heavy (non-hydrogen) atoms. The Morgan fingerprint density at radius 1 is 1.07 bits per heavy atom. The van der Waals surface area contributed by atoms with E-state index in [4.69, 9.17) is 10.0 Å². The van der Waals surface area contributed by atoms with Gasteiger partial charge in [0, 0.05) is 35.8 Å². The first-order chi connectivity index (χ1) is 7.27. The van der Waals surface area contributed by atoms with Gasteiger partial charge in [0.25, 0.3) is 0 Å². The molecule has 2 aromatic heterocycles. The Labute approximate surface area is 86.6 Å². The van der Waals surface area contributed by atoms with E-state index < -0.39 is 7.12 Å². The number of hydrogen-bond donors (Lipinski definition) is 2. The van der Waals surface area contributed by atoms with Crippen molar-refractivity contribution in [3.05, 3.63) is 36.9 Å². The van der Waals surface area contributed by atoms with Gasteiger partial charge in [-0.05, 0) is 12.1 Å². The molecule has 74 valence electrons. The van der Waals surface area contributed by atoms with E-state index in [1.54, 1.807) is 18.5 Å². The molecular weight excluding hydrogens is 193 g/mol. The maximum Gasteiger partial charge on any atom is 0.491 e. The maximum absolute atomic E-state index is 8.85. The second-order valence-electron chi connectivity index (χ2n) is 2.96. The highest BCUT2D eigenvalue weighted by Gasteiger charge is 2.11. The molecule has 0 atom stereocenters. The topological polar surface area (TPSA) is 79.1 Å². The van der Waals surface area contributed by atoms with Gasteiger partial charge in [-0.2, -0.15) is 0 Å². The molecule has 2 heterocycles. The first-order valence-electron chi connectivity index (χ1n) is 4.36. The second-order valence-corrected chi connectivity index (χ2v) is 2.96. The van der Waals surface area contributed by atoms with Gasteiger partial charge in [-0.3, -0.25) is 4.98 Å². The summed E-state index contributed by atoms with van der Waals surface area (Å²) in [6.07, 6.45) is 6.06. The van der Waals surface area contributed by atoms with Gasteiger partial charge in [0.05, 0.1) is 0 Å². The Morgan fingerprint density at radius 3 is 2.33 bits per heavy atom. The average Bonchev–Trinajstić information content (AvgIpc) is 2.30. The highest BCUT2D eigenvalue weighted by molar-refractivity contribution is 6.58. The van der Waals surface area contributed by atoms with Gasteiger partial charge < -0.3 is 10.0 Å². The number of nitrogens with zero attached hydrogens (tertiary/aromatic N) is 3. The molecule has 0 amide bonds. The molecule has 0 radical (unpaired) electrons. The third-order valence-corrected chi connectivity index (χ3v) is 1.89. The number of hydrogen-bond acceptors (Lipinski definition) is 5. The van der Waals surface area contributed by atoms with E-state index in [1.165, 1.54) is 12.4 Å². The summed E-state index contributed by atoms with van der Waals surface area (Å²) in [7, 11) is -1.53. The minimum Gasteiger partial charge on any atom is -0.423 e. The minimum atomic E-state index is -1.53. The lowest BCUT2D eigenvalue weighted by atomic mass is 9.83.